The molecule has 2 aromatic carbocycles. The molecule has 2 aromatic rings. The molecule has 64 heavy (non-hydrogen) atoms. The molecule has 3 fully saturated rings. The number of phenolic OH excluding ortho intramolecular Hbond substituents is 1. The first-order chi connectivity index (χ1) is 27.8. The Labute approximate surface area is 378 Å². The van der Waals surface area contributed by atoms with E-state index < -0.39 is 24.2 Å². The van der Waals surface area contributed by atoms with Gasteiger partial charge in [0.1, 0.15) is 11.5 Å². The molecule has 3 aliphatic carbocycles. The van der Waals surface area contributed by atoms with Gasteiger partial charge in [0.25, 0.3) is 18.2 Å². The number of carboxylic acids is 1. The SMILES string of the molecule is C.C.C.C.C=Nc1c(C)cc(OC(=O)C2CCC(C=C(F)F)CC2)cc1C.COC(=O)C1CCC(C=C(F)F)CC1.Cc1cc(C)cc(O)c1.O=C(O)C1CCC(C=C(F)F)CC1.[OH-]. The number of carboxylic acid groups (broad SMARTS) is 1. The van der Waals surface area contributed by atoms with Crippen molar-refractivity contribution in [1.29, 1.82) is 0 Å². The second-order valence-corrected chi connectivity index (χ2v) is 15.4. The van der Waals surface area contributed by atoms with E-state index in [1.165, 1.54) is 7.11 Å². The number of methoxy groups -OCH3 is 1. The van der Waals surface area contributed by atoms with Crippen molar-refractivity contribution in [2.24, 2.45) is 40.5 Å². The van der Waals surface area contributed by atoms with Gasteiger partial charge in [-0.05, 0) is 194 Å². The number of hydrogen-bond donors (Lipinski definition) is 2. The Morgan fingerprint density at radius 3 is 1.20 bits per heavy atom. The number of ether oxygens (including phenoxy) is 2. The van der Waals surface area contributed by atoms with Gasteiger partial charge in [0.2, 0.25) is 0 Å². The Morgan fingerprint density at radius 2 is 0.922 bits per heavy atom. The first-order valence-electron chi connectivity index (χ1n) is 19.8. The number of aryl methyl sites for hydroxylation is 4. The maximum absolute atomic E-state index is 12.3. The minimum atomic E-state index is -1.65. The zero-order chi connectivity index (χ0) is 44.2. The van der Waals surface area contributed by atoms with Crippen molar-refractivity contribution < 1.29 is 65.9 Å². The van der Waals surface area contributed by atoms with Gasteiger partial charge in [-0.2, -0.15) is 26.3 Å². The van der Waals surface area contributed by atoms with E-state index in [0.717, 1.165) is 46.2 Å². The van der Waals surface area contributed by atoms with E-state index in [9.17, 15) is 40.7 Å². The molecule has 0 spiro atoms. The lowest BCUT2D eigenvalue weighted by atomic mass is 9.82. The largest absolute Gasteiger partial charge is 0.870 e. The lowest BCUT2D eigenvalue weighted by Gasteiger charge is -2.25. The van der Waals surface area contributed by atoms with Gasteiger partial charge >= 0.3 is 17.9 Å². The number of aromatic hydroxyl groups is 1. The van der Waals surface area contributed by atoms with Crippen LogP contribution >= 0.6 is 0 Å². The zero-order valence-corrected chi connectivity index (χ0v) is 34.9. The highest BCUT2D eigenvalue weighted by atomic mass is 19.3. The third-order valence-electron chi connectivity index (χ3n) is 10.7. The maximum atomic E-state index is 12.3. The molecule has 366 valence electrons. The van der Waals surface area contributed by atoms with Crippen LogP contribution in [0, 0.1) is 63.2 Å². The highest BCUT2D eigenvalue weighted by molar-refractivity contribution is 5.76. The zero-order valence-electron chi connectivity index (χ0n) is 34.9. The molecule has 3 saturated carbocycles. The van der Waals surface area contributed by atoms with Gasteiger partial charge < -0.3 is 25.2 Å². The summed E-state index contributed by atoms with van der Waals surface area (Å²) in [6, 6.07) is 9.04. The second-order valence-electron chi connectivity index (χ2n) is 15.4. The number of allylic oxidation sites excluding steroid dienone is 3. The monoisotopic (exact) mass is 919 g/mol. The van der Waals surface area contributed by atoms with E-state index in [-0.39, 0.29) is 82.6 Å². The van der Waals surface area contributed by atoms with Gasteiger partial charge in [-0.15, -0.1) is 0 Å². The molecule has 0 amide bonds. The number of nitrogens with zero attached hydrogens (tertiary/aromatic N) is 1. The van der Waals surface area contributed by atoms with Gasteiger partial charge in [0.05, 0.1) is 30.6 Å². The summed E-state index contributed by atoms with van der Waals surface area (Å²) in [7, 11) is 1.36. The molecule has 0 aromatic heterocycles. The topological polar surface area (TPSA) is 152 Å². The Kier molecular flexibility index (Phi) is 34.5. The Morgan fingerprint density at radius 1 is 0.594 bits per heavy atom. The third kappa shape index (κ3) is 24.8. The average Bonchev–Trinajstić information content (AvgIpc) is 3.15. The van der Waals surface area contributed by atoms with Gasteiger partial charge in [-0.3, -0.25) is 19.4 Å². The average molecular weight is 919 g/mol. The quantitative estimate of drug-likeness (QED) is 0.115. The summed E-state index contributed by atoms with van der Waals surface area (Å²) in [5, 5.41) is 17.6. The molecule has 0 saturated heterocycles. The van der Waals surface area contributed by atoms with Crippen LogP contribution in [-0.4, -0.2) is 47.4 Å². The standard InChI is InChI=1S/C18H21F2NO2.C10H14F2O2.C9H12F2O2.C8H10O.4CH4.H2O/c1-11-8-15(9-12(2)17(11)21-3)23-18(22)14-6-4-13(5-7-14)10-16(19)20;1-14-10(13)8-4-2-7(3-5-8)6-9(11)12;10-8(11)5-6-1-3-7(4-2-6)9(12)13;1-6-3-7(2)5-8(9)4-6;;;;;/h8-10,13-14H,3-7H2,1-2H3;6-8H,2-5H2,1H3;5-7H,1-4H2,(H,12,13);3-5,9H,1-2H3;4*1H4;1H2/p-1. The molecule has 0 radical (unpaired) electrons. The van der Waals surface area contributed by atoms with Crippen LogP contribution in [0.1, 0.15) is 129 Å². The number of hydrogen-bond acceptors (Lipinski definition) is 8. The molecule has 0 atom stereocenters. The lowest BCUT2D eigenvalue weighted by Crippen LogP contribution is -2.25. The number of phenols is 1. The van der Waals surface area contributed by atoms with Crippen LogP contribution in [0.2, 0.25) is 0 Å². The van der Waals surface area contributed by atoms with Crippen LogP contribution < -0.4 is 4.74 Å². The molecule has 9 nitrogen and oxygen atoms in total. The molecule has 3 N–H and O–H groups in total. The number of halogens is 6. The van der Waals surface area contributed by atoms with Crippen molar-refractivity contribution in [3.05, 3.63) is 89.1 Å². The Bertz CT molecular complexity index is 1710. The Hall–Kier alpha value is -4.92. The van der Waals surface area contributed by atoms with E-state index in [1.54, 1.807) is 24.3 Å². The van der Waals surface area contributed by atoms with E-state index in [0.29, 0.717) is 88.5 Å². The summed E-state index contributed by atoms with van der Waals surface area (Å²) in [5.74, 6) is -1.42. The Balaban J connectivity index is -0.000000385. The number of carbonyl (C=O) groups is 3. The van der Waals surface area contributed by atoms with Crippen LogP contribution in [0.5, 0.6) is 11.5 Å². The number of aliphatic carboxylic acids is 1. The third-order valence-corrected chi connectivity index (χ3v) is 10.7. The molecule has 0 unspecified atom stereocenters. The fourth-order valence-electron chi connectivity index (χ4n) is 7.65. The fraction of sp³-hybridized carbons (Fsp3) is 0.551. The van der Waals surface area contributed by atoms with Gasteiger partial charge in [-0.1, -0.05) is 35.8 Å². The summed E-state index contributed by atoms with van der Waals surface area (Å²) in [4.78, 5) is 37.8. The van der Waals surface area contributed by atoms with Crippen LogP contribution in [0.4, 0.5) is 32.0 Å². The van der Waals surface area contributed by atoms with Gasteiger partial charge in [0, 0.05) is 0 Å². The summed E-state index contributed by atoms with van der Waals surface area (Å²) in [5.41, 5.74) is 4.80. The van der Waals surface area contributed by atoms with E-state index >= 15 is 0 Å². The van der Waals surface area contributed by atoms with Crippen molar-refractivity contribution >= 4 is 30.3 Å². The van der Waals surface area contributed by atoms with Crippen LogP contribution in [0.15, 0.2) is 71.8 Å². The first kappa shape index (κ1) is 65.7. The first-order valence-corrected chi connectivity index (χ1v) is 19.8. The van der Waals surface area contributed by atoms with Crippen molar-refractivity contribution in [1.82, 2.24) is 0 Å². The van der Waals surface area contributed by atoms with E-state index in [4.69, 9.17) is 14.9 Å². The van der Waals surface area contributed by atoms with Crippen LogP contribution in [0.25, 0.3) is 0 Å². The molecule has 0 heterocycles. The smallest absolute Gasteiger partial charge is 0.314 e. The highest BCUT2D eigenvalue weighted by Gasteiger charge is 2.29. The molecular weight excluding hydrogens is 845 g/mol. The number of esters is 2. The highest BCUT2D eigenvalue weighted by Crippen LogP contribution is 2.34. The van der Waals surface area contributed by atoms with Crippen LogP contribution in [0.3, 0.4) is 0 Å². The number of carbonyl (C=O) groups excluding carboxylic acids is 2. The van der Waals surface area contributed by atoms with Crippen molar-refractivity contribution in [2.75, 3.05) is 7.11 Å². The molecule has 0 aliphatic heterocycles. The van der Waals surface area contributed by atoms with Gasteiger partial charge in [-0.25, -0.2) is 0 Å². The molecule has 15 heteroatoms. The second kappa shape index (κ2) is 33.6. The van der Waals surface area contributed by atoms with E-state index in [1.807, 2.05) is 33.8 Å². The predicted molar refractivity (Wildman–Crippen MR) is 244 cm³/mol. The summed E-state index contributed by atoms with van der Waals surface area (Å²) >= 11 is 0. The fourth-order valence-corrected chi connectivity index (χ4v) is 7.65. The maximum Gasteiger partial charge on any atom is 0.314 e. The summed E-state index contributed by atoms with van der Waals surface area (Å²) < 4.78 is 82.0. The number of rotatable bonds is 8. The summed E-state index contributed by atoms with van der Waals surface area (Å²) in [6.07, 6.45) is 5.13. The normalized spacial score (nSPS) is 20.4. The lowest BCUT2D eigenvalue weighted by molar-refractivity contribution is -0.147. The molecular formula is C49H74F6NO8-. The van der Waals surface area contributed by atoms with Crippen LogP contribution in [-0.2, 0) is 19.1 Å². The predicted octanol–water partition coefficient (Wildman–Crippen LogP) is 14.9. The van der Waals surface area contributed by atoms with Crippen molar-refractivity contribution in [3.63, 3.8) is 0 Å². The van der Waals surface area contributed by atoms with Crippen molar-refractivity contribution in [3.8, 4) is 11.5 Å². The summed E-state index contributed by atoms with van der Waals surface area (Å²) in [6.45, 7) is 11.2. The van der Waals surface area contributed by atoms with E-state index in [2.05, 4.69) is 16.4 Å². The minimum absolute atomic E-state index is 0. The van der Waals surface area contributed by atoms with Crippen molar-refractivity contribution in [2.45, 2.75) is 134 Å². The molecule has 0 bridgehead atoms. The molecule has 3 aliphatic rings. The number of benzene rings is 2. The molecule has 5 rings (SSSR count). The van der Waals surface area contributed by atoms with Gasteiger partial charge in [0.15, 0.2) is 0 Å². The number of aliphatic imine (C=N–C) groups is 1. The minimum Gasteiger partial charge on any atom is -0.870 e.